The molecule has 3 aliphatic rings. The van der Waals surface area contributed by atoms with Crippen LogP contribution in [0.25, 0.3) is 33.3 Å². The number of rotatable bonds is 9. The quantitative estimate of drug-likeness (QED) is 0.153. The Kier molecular flexibility index (Phi) is 13.1. The van der Waals surface area contributed by atoms with Gasteiger partial charge in [0.05, 0.1) is 30.2 Å². The van der Waals surface area contributed by atoms with Gasteiger partial charge in [-0.25, -0.2) is 5.43 Å². The van der Waals surface area contributed by atoms with E-state index >= 15 is 0 Å². The van der Waals surface area contributed by atoms with Crippen LogP contribution in [0.4, 0.5) is 0 Å². The van der Waals surface area contributed by atoms with Crippen LogP contribution in [-0.4, -0.2) is 105 Å². The lowest BCUT2D eigenvalue weighted by Gasteiger charge is -2.38. The van der Waals surface area contributed by atoms with Crippen molar-refractivity contribution in [3.63, 3.8) is 0 Å². The number of carbonyl (C=O) groups excluding carboxylic acids is 4. The zero-order valence-corrected chi connectivity index (χ0v) is 37.2. The Morgan fingerprint density at radius 1 is 1.10 bits per heavy atom. The van der Waals surface area contributed by atoms with Crippen LogP contribution in [0.5, 0.6) is 5.75 Å². The molecule has 14 nitrogen and oxygen atoms in total. The number of amides is 3. The minimum absolute atomic E-state index is 0.00163. The van der Waals surface area contributed by atoms with Crippen LogP contribution in [0, 0.1) is 17.3 Å². The fraction of sp³-hybridized carbons (Fsp3) is 0.521. The highest BCUT2D eigenvalue weighted by molar-refractivity contribution is 5.96. The number of aromatic hydroxyl groups is 1. The Morgan fingerprint density at radius 3 is 2.55 bits per heavy atom. The number of ether oxygens (including phenoxy) is 2. The molecule has 0 spiro atoms. The molecule has 1 saturated heterocycles. The average Bonchev–Trinajstić information content (AvgIpc) is 3.54. The summed E-state index contributed by atoms with van der Waals surface area (Å²) in [5.41, 5.74) is 9.60. The molecular formula is C48H62N6O8. The molecule has 62 heavy (non-hydrogen) atoms. The maximum atomic E-state index is 14.6. The van der Waals surface area contributed by atoms with Crippen molar-refractivity contribution >= 4 is 34.6 Å². The number of nitrogens with one attached hydrogen (secondary N) is 2. The highest BCUT2D eigenvalue weighted by atomic mass is 16.5. The van der Waals surface area contributed by atoms with E-state index in [1.807, 2.05) is 39.0 Å². The van der Waals surface area contributed by atoms with E-state index in [0.29, 0.717) is 50.8 Å². The first kappa shape index (κ1) is 44.7. The molecule has 2 aromatic heterocycles. The van der Waals surface area contributed by atoms with Gasteiger partial charge >= 0.3 is 5.97 Å². The molecule has 1 unspecified atom stereocenters. The molecule has 4 aromatic rings. The second-order valence-electron chi connectivity index (χ2n) is 18.5. The number of pyridine rings is 1. The van der Waals surface area contributed by atoms with Gasteiger partial charge in [0.15, 0.2) is 0 Å². The lowest BCUT2D eigenvalue weighted by molar-refractivity contribution is -0.155. The number of aliphatic hydroxyl groups is 1. The molecular weight excluding hydrogens is 789 g/mol. The van der Waals surface area contributed by atoms with Crippen LogP contribution in [0.3, 0.4) is 0 Å². The van der Waals surface area contributed by atoms with Gasteiger partial charge < -0.3 is 34.5 Å². The number of fused-ring (bicyclic) bond motifs is 6. The van der Waals surface area contributed by atoms with Crippen molar-refractivity contribution in [2.24, 2.45) is 17.3 Å². The van der Waals surface area contributed by atoms with Crippen molar-refractivity contribution in [1.29, 1.82) is 0 Å². The molecule has 0 radical (unpaired) electrons. The fourth-order valence-corrected chi connectivity index (χ4v) is 9.46. The summed E-state index contributed by atoms with van der Waals surface area (Å²) in [7, 11) is 3.26. The molecule has 2 aliphatic heterocycles. The number of phenolic OH excluding ortho intramolecular Hbond substituents is 1. The van der Waals surface area contributed by atoms with Crippen LogP contribution in [0.15, 0.2) is 54.7 Å². The number of aryl methyl sites for hydroxylation is 1. The van der Waals surface area contributed by atoms with E-state index in [4.69, 9.17) is 14.5 Å². The maximum Gasteiger partial charge on any atom is 0.324 e. The molecule has 4 atom stereocenters. The van der Waals surface area contributed by atoms with Gasteiger partial charge in [-0.2, -0.15) is 0 Å². The van der Waals surface area contributed by atoms with Gasteiger partial charge in [-0.1, -0.05) is 39.8 Å². The Hall–Kier alpha value is -5.31. The normalized spacial score (nSPS) is 22.6. The fourth-order valence-electron chi connectivity index (χ4n) is 9.46. The Balaban J connectivity index is 1.34. The summed E-state index contributed by atoms with van der Waals surface area (Å²) in [4.78, 5) is 62.4. The predicted molar refractivity (Wildman–Crippen MR) is 235 cm³/mol. The molecule has 4 N–H and O–H groups in total. The molecule has 332 valence electrons. The number of hydrazine groups is 1. The smallest absolute Gasteiger partial charge is 0.324 e. The standard InChI is InChI=1S/C48H62N6O8/c1-9-53-40-15-14-30-24-36(40)37(43(53)35-12-10-16-49-41(35)28(4)61-8)25-48(5,6)26-62-47(60)38-13-11-17-54(51-38)46(59)39(20-29-18-31(30)21-33(55)19-29)50-44(57)42(27(2)3)52(7)45(58)32-22-34(56)23-32/h10,12,14-16,18-19,21,24,27-28,32,34,38-39,42,51,55-56H,9,11,13,17,20,22-23,25-26H2,1-8H3,(H,50,57)/t28-,32?,34?,38-,39?,42-/m0/s1. The SMILES string of the molecule is CCn1c(-c2cccnc2[C@H](C)OC)c2c3cc(ccc31)-c1cc(O)cc(c1)CC(NC(=O)[C@H](C(C)C)N(C)C(=O)C1CC(O)C1)C(=O)N1CCC[C@H](N1)C(=O)OCC(C)(C)C2. The summed E-state index contributed by atoms with van der Waals surface area (Å²) in [6.07, 6.45) is 3.19. The van der Waals surface area contributed by atoms with Crippen molar-refractivity contribution in [2.75, 3.05) is 27.3 Å². The molecule has 4 heterocycles. The summed E-state index contributed by atoms with van der Waals surface area (Å²) in [5.74, 6) is -2.34. The van der Waals surface area contributed by atoms with Crippen LogP contribution < -0.4 is 10.7 Å². The Bertz CT molecular complexity index is 2330. The topological polar surface area (TPSA) is 176 Å². The highest BCUT2D eigenvalue weighted by Gasteiger charge is 2.41. The largest absolute Gasteiger partial charge is 0.508 e. The van der Waals surface area contributed by atoms with Crippen molar-refractivity contribution in [3.05, 3.63) is 71.5 Å². The van der Waals surface area contributed by atoms with Gasteiger partial charge in [-0.15, -0.1) is 0 Å². The second-order valence-corrected chi connectivity index (χ2v) is 18.5. The number of hydrogen-bond acceptors (Lipinski definition) is 10. The van der Waals surface area contributed by atoms with E-state index in [-0.39, 0.29) is 42.6 Å². The van der Waals surface area contributed by atoms with Gasteiger partial charge in [0, 0.05) is 67.7 Å². The number of nitrogens with zero attached hydrogens (tertiary/aromatic N) is 4. The third kappa shape index (κ3) is 9.09. The number of esters is 1. The molecule has 2 aromatic carbocycles. The zero-order valence-electron chi connectivity index (χ0n) is 37.2. The number of carbonyl (C=O) groups is 4. The van der Waals surface area contributed by atoms with E-state index in [1.54, 1.807) is 32.5 Å². The van der Waals surface area contributed by atoms with Gasteiger partial charge in [-0.3, -0.25) is 29.2 Å². The van der Waals surface area contributed by atoms with Crippen LogP contribution in [0.2, 0.25) is 0 Å². The number of aromatic nitrogens is 2. The third-order valence-electron chi connectivity index (χ3n) is 12.8. The summed E-state index contributed by atoms with van der Waals surface area (Å²) >= 11 is 0. The number of methoxy groups -OCH3 is 1. The first-order valence-corrected chi connectivity index (χ1v) is 22.0. The highest BCUT2D eigenvalue weighted by Crippen LogP contribution is 2.42. The predicted octanol–water partition coefficient (Wildman–Crippen LogP) is 5.71. The number of cyclic esters (lactones) is 1. The number of hydrogen-bond donors (Lipinski definition) is 4. The monoisotopic (exact) mass is 850 g/mol. The first-order valence-electron chi connectivity index (χ1n) is 22.0. The second kappa shape index (κ2) is 18.2. The van der Waals surface area contributed by atoms with Crippen molar-refractivity contribution in [3.8, 4) is 28.1 Å². The van der Waals surface area contributed by atoms with Gasteiger partial charge in [0.25, 0.3) is 5.91 Å². The van der Waals surface area contributed by atoms with Crippen molar-refractivity contribution in [1.82, 2.24) is 30.2 Å². The number of benzene rings is 2. The van der Waals surface area contributed by atoms with E-state index in [9.17, 15) is 29.4 Å². The minimum atomic E-state index is -1.13. The average molecular weight is 851 g/mol. The molecule has 2 fully saturated rings. The van der Waals surface area contributed by atoms with Gasteiger partial charge in [0.1, 0.15) is 23.9 Å². The van der Waals surface area contributed by atoms with E-state index in [2.05, 4.69) is 54.3 Å². The van der Waals surface area contributed by atoms with Gasteiger partial charge in [-0.05, 0) is 111 Å². The van der Waals surface area contributed by atoms with E-state index in [0.717, 1.165) is 44.5 Å². The van der Waals surface area contributed by atoms with Crippen LogP contribution in [0.1, 0.15) is 90.2 Å². The molecule has 6 bridgehead atoms. The van der Waals surface area contributed by atoms with Crippen LogP contribution in [-0.2, 0) is 48.0 Å². The number of phenols is 1. The number of likely N-dealkylation sites (N-methyl/N-ethyl adjacent to an activating group) is 1. The summed E-state index contributed by atoms with van der Waals surface area (Å²) in [6.45, 7) is 13.0. The molecule has 7 rings (SSSR count). The van der Waals surface area contributed by atoms with Gasteiger partial charge in [0.2, 0.25) is 11.8 Å². The van der Waals surface area contributed by atoms with Crippen LogP contribution >= 0.6 is 0 Å². The molecule has 14 heteroatoms. The maximum absolute atomic E-state index is 14.6. The summed E-state index contributed by atoms with van der Waals surface area (Å²) < 4.78 is 14.2. The third-order valence-corrected chi connectivity index (χ3v) is 12.8. The number of aliphatic hydroxyl groups excluding tert-OH is 1. The Morgan fingerprint density at radius 2 is 1.85 bits per heavy atom. The lowest BCUT2D eigenvalue weighted by Crippen LogP contribution is -2.62. The molecule has 1 aliphatic carbocycles. The zero-order chi connectivity index (χ0) is 44.6. The van der Waals surface area contributed by atoms with E-state index < -0.39 is 47.4 Å². The van der Waals surface area contributed by atoms with Crippen molar-refractivity contribution in [2.45, 2.75) is 117 Å². The van der Waals surface area contributed by atoms with E-state index in [1.165, 1.54) is 9.91 Å². The molecule has 3 amide bonds. The minimum Gasteiger partial charge on any atom is -0.508 e. The Labute approximate surface area is 363 Å². The summed E-state index contributed by atoms with van der Waals surface area (Å²) in [5, 5.41) is 26.5. The molecule has 1 saturated carbocycles. The lowest BCUT2D eigenvalue weighted by atomic mass is 9.81. The first-order chi connectivity index (χ1) is 29.5. The van der Waals surface area contributed by atoms with Crippen molar-refractivity contribution < 1.29 is 38.9 Å². The summed E-state index contributed by atoms with van der Waals surface area (Å²) in [6, 6.07) is 12.6.